The van der Waals surface area contributed by atoms with E-state index in [-0.39, 0.29) is 17.2 Å². The van der Waals surface area contributed by atoms with Gasteiger partial charge in [-0.15, -0.1) is 0 Å². The Bertz CT molecular complexity index is 1000. The van der Waals surface area contributed by atoms with Crippen molar-refractivity contribution in [1.82, 2.24) is 15.3 Å². The number of hydrogen-bond donors (Lipinski definition) is 2. The molecule has 0 atom stereocenters. The first-order valence-corrected chi connectivity index (χ1v) is 10.7. The largest absolute Gasteiger partial charge is 0.382 e. The third-order valence-electron chi connectivity index (χ3n) is 4.60. The van der Waals surface area contributed by atoms with E-state index >= 15 is 0 Å². The normalized spacial score (nSPS) is 14.7. The van der Waals surface area contributed by atoms with Gasteiger partial charge in [0, 0.05) is 26.2 Å². The van der Waals surface area contributed by atoms with Crippen LogP contribution in [0.4, 0.5) is 16.6 Å². The summed E-state index contributed by atoms with van der Waals surface area (Å²) in [4.78, 5) is 18.0. The second kappa shape index (κ2) is 8.69. The molecule has 150 valence electrons. The van der Waals surface area contributed by atoms with Crippen LogP contribution in [-0.2, 0) is 0 Å². The molecule has 1 aliphatic rings. The van der Waals surface area contributed by atoms with E-state index in [0.29, 0.717) is 20.1 Å². The van der Waals surface area contributed by atoms with Crippen LogP contribution < -0.4 is 16.1 Å². The van der Waals surface area contributed by atoms with Gasteiger partial charge in [-0.3, -0.25) is 4.79 Å². The first kappa shape index (κ1) is 20.1. The van der Waals surface area contributed by atoms with Crippen LogP contribution in [0.5, 0.6) is 0 Å². The van der Waals surface area contributed by atoms with Crippen molar-refractivity contribution in [3.63, 3.8) is 0 Å². The highest BCUT2D eigenvalue weighted by Crippen LogP contribution is 2.37. The van der Waals surface area contributed by atoms with Crippen LogP contribution in [0, 0.1) is 0 Å². The number of hydrazine groups is 1. The number of carbonyl (C=O) groups is 1. The molecule has 1 fully saturated rings. The van der Waals surface area contributed by atoms with Crippen molar-refractivity contribution in [2.45, 2.75) is 0 Å². The summed E-state index contributed by atoms with van der Waals surface area (Å²) in [5.41, 5.74) is 7.36. The molecular formula is C20H19Cl2N5OS. The first-order chi connectivity index (χ1) is 14.1. The molecule has 0 saturated carbocycles. The summed E-state index contributed by atoms with van der Waals surface area (Å²) in [5.74, 6) is -0.155. The number of nitrogens with one attached hydrogen (secondary N) is 1. The number of nitrogens with two attached hydrogens (primary N) is 1. The Balaban J connectivity index is 1.75. The Hall–Kier alpha value is -2.16. The van der Waals surface area contributed by atoms with Crippen molar-refractivity contribution >= 4 is 57.0 Å². The summed E-state index contributed by atoms with van der Waals surface area (Å²) < 4.78 is 0. The average molecular weight is 448 g/mol. The van der Waals surface area contributed by atoms with Crippen LogP contribution in [-0.4, -0.2) is 42.0 Å². The predicted octanol–water partition coefficient (Wildman–Crippen LogP) is 4.22. The summed E-state index contributed by atoms with van der Waals surface area (Å²) in [6.07, 6.45) is 0. The number of nitrogens with zero attached hydrogens (tertiary/aromatic N) is 3. The van der Waals surface area contributed by atoms with Crippen LogP contribution in [0.2, 0.25) is 10.0 Å². The molecule has 0 aliphatic carbocycles. The Morgan fingerprint density at radius 2 is 1.72 bits per heavy atom. The number of ketones is 1. The van der Waals surface area contributed by atoms with Crippen LogP contribution in [0.25, 0.3) is 0 Å². The fraction of sp³-hybridized carbons (Fsp3) is 0.200. The van der Waals surface area contributed by atoms with Gasteiger partial charge in [-0.25, -0.2) is 15.0 Å². The van der Waals surface area contributed by atoms with E-state index in [4.69, 9.17) is 28.9 Å². The highest BCUT2D eigenvalue weighted by molar-refractivity contribution is 7.18. The Kier molecular flexibility index (Phi) is 6.03. The minimum atomic E-state index is -0.324. The van der Waals surface area contributed by atoms with Gasteiger partial charge in [-0.2, -0.15) is 0 Å². The quantitative estimate of drug-likeness (QED) is 0.570. The van der Waals surface area contributed by atoms with Crippen molar-refractivity contribution in [2.75, 3.05) is 36.9 Å². The third kappa shape index (κ3) is 4.10. The van der Waals surface area contributed by atoms with Crippen LogP contribution in [0.3, 0.4) is 0 Å². The number of rotatable bonds is 5. The van der Waals surface area contributed by atoms with E-state index in [1.165, 1.54) is 11.3 Å². The first-order valence-electron chi connectivity index (χ1n) is 9.12. The number of para-hydroxylation sites is 1. The van der Waals surface area contributed by atoms with E-state index in [2.05, 4.69) is 15.3 Å². The number of benzene rings is 2. The minimum Gasteiger partial charge on any atom is -0.382 e. The maximum atomic E-state index is 13.1. The number of nitrogen functional groups attached to an aromatic ring is 1. The fourth-order valence-corrected chi connectivity index (χ4v) is 4.77. The van der Waals surface area contributed by atoms with Crippen LogP contribution >= 0.6 is 34.5 Å². The second-order valence-electron chi connectivity index (χ2n) is 6.49. The maximum absolute atomic E-state index is 13.1. The highest BCUT2D eigenvalue weighted by Gasteiger charge is 2.28. The summed E-state index contributed by atoms with van der Waals surface area (Å²) in [7, 11) is 0. The molecule has 1 aliphatic heterocycles. The van der Waals surface area contributed by atoms with Gasteiger partial charge in [-0.1, -0.05) is 58.8 Å². The molecule has 3 aromatic rings. The number of piperazine rings is 1. The van der Waals surface area contributed by atoms with E-state index in [9.17, 15) is 4.79 Å². The van der Waals surface area contributed by atoms with Crippen LogP contribution in [0.15, 0.2) is 48.5 Å². The van der Waals surface area contributed by atoms with Gasteiger partial charge < -0.3 is 11.1 Å². The lowest BCUT2D eigenvalue weighted by Crippen LogP contribution is -2.50. The average Bonchev–Trinajstić information content (AvgIpc) is 3.10. The summed E-state index contributed by atoms with van der Waals surface area (Å²) in [6, 6.07) is 14.9. The topological polar surface area (TPSA) is 74.5 Å². The molecule has 1 saturated heterocycles. The molecule has 2 heterocycles. The standard InChI is InChI=1S/C20H19Cl2N5OS/c21-14-7-4-8-15(22)16(14)17(28)18-19(23)25-20(29-18)27(13-5-2-1-3-6-13)26-11-9-24-10-12-26/h1-8,24H,9-12,23H2. The minimum absolute atomic E-state index is 0.169. The number of aromatic nitrogens is 1. The number of carbonyl (C=O) groups excluding carboxylic acids is 1. The SMILES string of the molecule is Nc1nc(N(c2ccccc2)N2CCNCC2)sc1C(=O)c1c(Cl)cccc1Cl. The zero-order valence-corrected chi connectivity index (χ0v) is 17.8. The monoisotopic (exact) mass is 447 g/mol. The maximum Gasteiger partial charge on any atom is 0.209 e. The molecule has 0 radical (unpaired) electrons. The van der Waals surface area contributed by atoms with Gasteiger partial charge in [0.1, 0.15) is 10.7 Å². The molecule has 0 spiro atoms. The lowest BCUT2D eigenvalue weighted by molar-refractivity contribution is 0.104. The molecule has 4 rings (SSSR count). The Morgan fingerprint density at radius 1 is 1.07 bits per heavy atom. The number of thiazole rings is 1. The summed E-state index contributed by atoms with van der Waals surface area (Å²) in [5, 5.41) is 8.77. The summed E-state index contributed by atoms with van der Waals surface area (Å²) >= 11 is 13.7. The van der Waals surface area contributed by atoms with Crippen LogP contribution in [0.1, 0.15) is 15.2 Å². The van der Waals surface area contributed by atoms with E-state index in [1.807, 2.05) is 35.3 Å². The van der Waals surface area contributed by atoms with Gasteiger partial charge in [0.15, 0.2) is 0 Å². The molecule has 0 amide bonds. The molecule has 0 bridgehead atoms. The highest BCUT2D eigenvalue weighted by atomic mass is 35.5. The van der Waals surface area contributed by atoms with Crippen molar-refractivity contribution in [3.05, 3.63) is 69.0 Å². The predicted molar refractivity (Wildman–Crippen MR) is 119 cm³/mol. The summed E-state index contributed by atoms with van der Waals surface area (Å²) in [6.45, 7) is 3.36. The third-order valence-corrected chi connectivity index (χ3v) is 6.27. The van der Waals surface area contributed by atoms with Crippen molar-refractivity contribution < 1.29 is 4.79 Å². The molecule has 0 unspecified atom stereocenters. The molecule has 3 N–H and O–H groups in total. The molecule has 9 heteroatoms. The molecule has 2 aromatic carbocycles. The number of hydrogen-bond acceptors (Lipinski definition) is 7. The lowest BCUT2D eigenvalue weighted by atomic mass is 10.1. The zero-order chi connectivity index (χ0) is 20.4. The zero-order valence-electron chi connectivity index (χ0n) is 15.4. The lowest BCUT2D eigenvalue weighted by Gasteiger charge is -2.37. The van der Waals surface area contributed by atoms with Gasteiger partial charge in [0.25, 0.3) is 0 Å². The van der Waals surface area contributed by atoms with Gasteiger partial charge in [0.05, 0.1) is 21.3 Å². The number of anilines is 3. The van der Waals surface area contributed by atoms with Crippen molar-refractivity contribution in [1.29, 1.82) is 0 Å². The molecule has 29 heavy (non-hydrogen) atoms. The smallest absolute Gasteiger partial charge is 0.209 e. The van der Waals surface area contributed by atoms with Gasteiger partial charge >= 0.3 is 0 Å². The van der Waals surface area contributed by atoms with Gasteiger partial charge in [0.2, 0.25) is 10.9 Å². The van der Waals surface area contributed by atoms with E-state index < -0.39 is 0 Å². The molecule has 1 aromatic heterocycles. The van der Waals surface area contributed by atoms with Crippen molar-refractivity contribution in [3.8, 4) is 0 Å². The molecule has 6 nitrogen and oxygen atoms in total. The molecular weight excluding hydrogens is 429 g/mol. The second-order valence-corrected chi connectivity index (χ2v) is 8.28. The Morgan fingerprint density at radius 3 is 2.38 bits per heavy atom. The number of halogens is 2. The van der Waals surface area contributed by atoms with E-state index in [0.717, 1.165) is 31.9 Å². The Labute approximate surface area is 182 Å². The van der Waals surface area contributed by atoms with Gasteiger partial charge in [-0.05, 0) is 24.3 Å². The van der Waals surface area contributed by atoms with Crippen molar-refractivity contribution in [2.24, 2.45) is 0 Å². The van der Waals surface area contributed by atoms with E-state index in [1.54, 1.807) is 18.2 Å². The fourth-order valence-electron chi connectivity index (χ4n) is 3.22.